The number of rotatable bonds is 6. The first-order chi connectivity index (χ1) is 18.4. The summed E-state index contributed by atoms with van der Waals surface area (Å²) < 4.78 is 31.9. The number of nitrogens with one attached hydrogen (secondary N) is 3. The van der Waals surface area contributed by atoms with Crippen LogP contribution in [0.25, 0.3) is 22.2 Å². The van der Waals surface area contributed by atoms with Gasteiger partial charge in [0.25, 0.3) is 5.91 Å². The molecule has 0 saturated carbocycles. The standard InChI is InChI=1S/C26H22FN7O4/c1-13-8-15-16(30-13)5-7-19(23(15)27)38-25-22(26(35)34(2)3)24(28-11-29-25)31-21-10-17(32-33-21)14-4-6-18-20(9-14)37-12-36-18/h4-11,30H,12H2,1-3H3,(H2,28,29,31,32,33). The van der Waals surface area contributed by atoms with Crippen molar-refractivity contribution in [1.29, 1.82) is 0 Å². The zero-order chi connectivity index (χ0) is 26.4. The quantitative estimate of drug-likeness (QED) is 0.295. The summed E-state index contributed by atoms with van der Waals surface area (Å²) in [6, 6.07) is 12.2. The van der Waals surface area contributed by atoms with Crippen molar-refractivity contribution in [2.24, 2.45) is 0 Å². The van der Waals surface area contributed by atoms with Crippen molar-refractivity contribution in [2.75, 3.05) is 26.2 Å². The number of ether oxygens (including phenoxy) is 3. The zero-order valence-corrected chi connectivity index (χ0v) is 20.6. The van der Waals surface area contributed by atoms with Crippen molar-refractivity contribution < 1.29 is 23.4 Å². The second kappa shape index (κ2) is 9.07. The number of carbonyl (C=O) groups excluding carboxylic acids is 1. The number of anilines is 2. The van der Waals surface area contributed by atoms with Crippen molar-refractivity contribution in [3.8, 4) is 34.4 Å². The van der Waals surface area contributed by atoms with Crippen LogP contribution in [0, 0.1) is 12.7 Å². The minimum atomic E-state index is -0.566. The Bertz CT molecular complexity index is 1690. The molecule has 3 aromatic heterocycles. The number of carbonyl (C=O) groups is 1. The van der Waals surface area contributed by atoms with Gasteiger partial charge in [0.15, 0.2) is 34.7 Å². The number of amides is 1. The summed E-state index contributed by atoms with van der Waals surface area (Å²) in [4.78, 5) is 26.0. The largest absolute Gasteiger partial charge is 0.454 e. The van der Waals surface area contributed by atoms with Gasteiger partial charge in [-0.2, -0.15) is 5.10 Å². The lowest BCUT2D eigenvalue weighted by atomic mass is 10.1. The van der Waals surface area contributed by atoms with E-state index in [0.29, 0.717) is 33.9 Å². The molecule has 0 bridgehead atoms. The third-order valence-electron chi connectivity index (χ3n) is 5.98. The van der Waals surface area contributed by atoms with Crippen molar-refractivity contribution in [3.63, 3.8) is 0 Å². The molecular formula is C26H22FN7O4. The van der Waals surface area contributed by atoms with Crippen molar-refractivity contribution in [3.05, 3.63) is 65.9 Å². The fourth-order valence-corrected chi connectivity index (χ4v) is 4.15. The maximum Gasteiger partial charge on any atom is 0.262 e. The first-order valence-corrected chi connectivity index (χ1v) is 11.6. The molecular weight excluding hydrogens is 493 g/mol. The zero-order valence-electron chi connectivity index (χ0n) is 20.6. The molecule has 3 N–H and O–H groups in total. The van der Waals surface area contributed by atoms with E-state index in [9.17, 15) is 4.79 Å². The number of fused-ring (bicyclic) bond motifs is 2. The van der Waals surface area contributed by atoms with E-state index >= 15 is 4.39 Å². The molecule has 0 saturated heterocycles. The van der Waals surface area contributed by atoms with Crippen LogP contribution in [0.5, 0.6) is 23.1 Å². The number of benzene rings is 2. The summed E-state index contributed by atoms with van der Waals surface area (Å²) in [5, 5.41) is 10.7. The van der Waals surface area contributed by atoms with Gasteiger partial charge >= 0.3 is 0 Å². The first kappa shape index (κ1) is 23.3. The van der Waals surface area contributed by atoms with Gasteiger partial charge in [0.2, 0.25) is 12.7 Å². The highest BCUT2D eigenvalue weighted by molar-refractivity contribution is 6.01. The average Bonchev–Trinajstić information content (AvgIpc) is 3.64. The van der Waals surface area contributed by atoms with Crippen LogP contribution in [0.4, 0.5) is 16.0 Å². The summed E-state index contributed by atoms with van der Waals surface area (Å²) >= 11 is 0. The smallest absolute Gasteiger partial charge is 0.262 e. The summed E-state index contributed by atoms with van der Waals surface area (Å²) in [7, 11) is 3.18. The van der Waals surface area contributed by atoms with E-state index in [1.165, 1.54) is 17.3 Å². The normalized spacial score (nSPS) is 12.1. The molecule has 38 heavy (non-hydrogen) atoms. The lowest BCUT2D eigenvalue weighted by molar-refractivity contribution is 0.0824. The Morgan fingerprint density at radius 1 is 1.11 bits per heavy atom. The van der Waals surface area contributed by atoms with Crippen molar-refractivity contribution >= 4 is 28.4 Å². The molecule has 6 rings (SSSR count). The maximum atomic E-state index is 15.2. The van der Waals surface area contributed by atoms with Crippen LogP contribution in [-0.2, 0) is 0 Å². The molecule has 0 atom stereocenters. The van der Waals surface area contributed by atoms with Gasteiger partial charge in [-0.15, -0.1) is 0 Å². The van der Waals surface area contributed by atoms with Gasteiger partial charge in [-0.05, 0) is 43.3 Å². The van der Waals surface area contributed by atoms with E-state index in [4.69, 9.17) is 14.2 Å². The molecule has 2 aromatic carbocycles. The molecule has 5 aromatic rings. The van der Waals surface area contributed by atoms with E-state index in [1.807, 2.05) is 25.1 Å². The predicted molar refractivity (Wildman–Crippen MR) is 137 cm³/mol. The summed E-state index contributed by atoms with van der Waals surface area (Å²) in [6.07, 6.45) is 1.23. The van der Waals surface area contributed by atoms with Crippen molar-refractivity contribution in [1.82, 2.24) is 30.0 Å². The number of aromatic amines is 2. The lowest BCUT2D eigenvalue weighted by Crippen LogP contribution is -2.24. The van der Waals surface area contributed by atoms with Crippen molar-refractivity contribution in [2.45, 2.75) is 6.92 Å². The van der Waals surface area contributed by atoms with E-state index < -0.39 is 11.7 Å². The molecule has 0 spiro atoms. The van der Waals surface area contributed by atoms with Crippen LogP contribution in [-0.4, -0.2) is 56.8 Å². The highest BCUT2D eigenvalue weighted by atomic mass is 19.1. The SMILES string of the molecule is Cc1cc2c(F)c(Oc3ncnc(Nc4cc(-c5ccc6c(c5)OCO6)[nH]n4)c3C(=O)N(C)C)ccc2[nH]1. The monoisotopic (exact) mass is 515 g/mol. The topological polar surface area (TPSA) is 130 Å². The second-order valence-electron chi connectivity index (χ2n) is 8.86. The van der Waals surface area contributed by atoms with E-state index in [1.54, 1.807) is 32.3 Å². The highest BCUT2D eigenvalue weighted by Crippen LogP contribution is 2.37. The molecule has 0 unspecified atom stereocenters. The summed E-state index contributed by atoms with van der Waals surface area (Å²) in [5.74, 6) is 0.689. The van der Waals surface area contributed by atoms with Crippen LogP contribution >= 0.6 is 0 Å². The molecule has 4 heterocycles. The van der Waals surface area contributed by atoms with Gasteiger partial charge < -0.3 is 29.4 Å². The Labute approximate surface area is 215 Å². The number of H-pyrrole nitrogens is 2. The van der Waals surface area contributed by atoms with Crippen LogP contribution < -0.4 is 19.5 Å². The predicted octanol–water partition coefficient (Wildman–Crippen LogP) is 4.76. The number of hydrogen-bond acceptors (Lipinski definition) is 8. The van der Waals surface area contributed by atoms with E-state index in [-0.39, 0.29) is 29.8 Å². The minimum absolute atomic E-state index is 0.0230. The first-order valence-electron chi connectivity index (χ1n) is 11.6. The fraction of sp³-hybridized carbons (Fsp3) is 0.154. The van der Waals surface area contributed by atoms with Gasteiger partial charge in [-0.3, -0.25) is 9.89 Å². The third-order valence-corrected chi connectivity index (χ3v) is 5.98. The Morgan fingerprint density at radius 3 is 2.79 bits per heavy atom. The molecule has 0 aliphatic carbocycles. The molecule has 1 amide bonds. The van der Waals surface area contributed by atoms with E-state index in [2.05, 4.69) is 30.5 Å². The summed E-state index contributed by atoms with van der Waals surface area (Å²) in [5.41, 5.74) is 3.01. The fourth-order valence-electron chi connectivity index (χ4n) is 4.15. The minimum Gasteiger partial charge on any atom is -0.454 e. The lowest BCUT2D eigenvalue weighted by Gasteiger charge is -2.17. The Balaban J connectivity index is 1.34. The molecule has 1 aliphatic heterocycles. The van der Waals surface area contributed by atoms with Gasteiger partial charge in [-0.1, -0.05) is 0 Å². The Kier molecular flexibility index (Phi) is 5.56. The van der Waals surface area contributed by atoms with Crippen LogP contribution in [0.2, 0.25) is 0 Å². The second-order valence-corrected chi connectivity index (χ2v) is 8.86. The Hall–Kier alpha value is -5.13. The molecule has 0 fully saturated rings. The number of halogens is 1. The third kappa shape index (κ3) is 4.11. The van der Waals surface area contributed by atoms with Crippen LogP contribution in [0.3, 0.4) is 0 Å². The molecule has 0 radical (unpaired) electrons. The average molecular weight is 516 g/mol. The van der Waals surface area contributed by atoms with Gasteiger partial charge in [0, 0.05) is 42.3 Å². The molecule has 11 nitrogen and oxygen atoms in total. The van der Waals surface area contributed by atoms with Gasteiger partial charge in [0.05, 0.1) is 5.69 Å². The van der Waals surface area contributed by atoms with E-state index in [0.717, 1.165) is 11.3 Å². The van der Waals surface area contributed by atoms with Gasteiger partial charge in [0.1, 0.15) is 11.9 Å². The number of aromatic nitrogens is 5. The number of nitrogens with zero attached hydrogens (tertiary/aromatic N) is 4. The molecule has 1 aliphatic rings. The number of aryl methyl sites for hydroxylation is 1. The molecule has 12 heteroatoms. The molecule has 192 valence electrons. The number of hydrogen-bond donors (Lipinski definition) is 3. The maximum absolute atomic E-state index is 15.2. The van der Waals surface area contributed by atoms with Crippen LogP contribution in [0.15, 0.2) is 48.8 Å². The Morgan fingerprint density at radius 2 is 1.95 bits per heavy atom. The van der Waals surface area contributed by atoms with Gasteiger partial charge in [-0.25, -0.2) is 14.4 Å². The van der Waals surface area contributed by atoms with Crippen LogP contribution in [0.1, 0.15) is 16.1 Å². The summed E-state index contributed by atoms with van der Waals surface area (Å²) in [6.45, 7) is 2.02. The highest BCUT2D eigenvalue weighted by Gasteiger charge is 2.25.